The van der Waals surface area contributed by atoms with E-state index in [0.717, 1.165) is 31.5 Å². The summed E-state index contributed by atoms with van der Waals surface area (Å²) in [5.74, 6) is 0. The third-order valence-electron chi connectivity index (χ3n) is 5.11. The zero-order chi connectivity index (χ0) is 13.8. The monoisotopic (exact) mass is 270 g/mol. The number of benzene rings is 1. The largest absolute Gasteiger partial charge is 0.452 e. The lowest BCUT2D eigenvalue weighted by Gasteiger charge is -2.45. The summed E-state index contributed by atoms with van der Waals surface area (Å²) in [5, 5.41) is 3.61. The lowest BCUT2D eigenvalue weighted by atomic mass is 9.68. The van der Waals surface area contributed by atoms with E-state index in [-0.39, 0.29) is 17.2 Å². The van der Waals surface area contributed by atoms with Crippen LogP contribution in [0.3, 0.4) is 0 Å². The number of hydrogen-bond acceptors (Lipinski definition) is 3. The quantitative estimate of drug-likeness (QED) is 0.737. The van der Waals surface area contributed by atoms with Crippen molar-refractivity contribution in [1.29, 1.82) is 0 Å². The van der Waals surface area contributed by atoms with Crippen LogP contribution in [0, 0.1) is 0 Å². The first-order valence-corrected chi connectivity index (χ1v) is 7.16. The van der Waals surface area contributed by atoms with Crippen molar-refractivity contribution in [3.63, 3.8) is 0 Å². The average molecular weight is 270 g/mol. The molecule has 1 aromatic carbocycles. The molecule has 20 heavy (non-hydrogen) atoms. The molecule has 2 aliphatic heterocycles. The van der Waals surface area contributed by atoms with E-state index in [0.29, 0.717) is 0 Å². The molecule has 0 radical (unpaired) electrons. The minimum absolute atomic E-state index is 0.101. The molecule has 4 heteroatoms. The Morgan fingerprint density at radius 2 is 2.20 bits per heavy atom. The molecule has 1 aromatic rings. The summed E-state index contributed by atoms with van der Waals surface area (Å²) in [7, 11) is 1.45. The van der Waals surface area contributed by atoms with E-state index in [1.54, 1.807) is 0 Å². The van der Waals surface area contributed by atoms with Gasteiger partial charge in [-0.25, -0.2) is 4.79 Å². The molecule has 3 aliphatic rings. The molecule has 1 fully saturated rings. The van der Waals surface area contributed by atoms with Gasteiger partial charge in [-0.05, 0) is 37.4 Å². The number of nitrogens with one attached hydrogen (secondary N) is 1. The Kier molecular flexibility index (Phi) is 2.31. The molecule has 4 nitrogen and oxygen atoms in total. The molecule has 0 aromatic heterocycles. The van der Waals surface area contributed by atoms with Gasteiger partial charge in [-0.3, -0.25) is 10.2 Å². The molecule has 104 valence electrons. The Labute approximate surface area is 118 Å². The Morgan fingerprint density at radius 1 is 1.35 bits per heavy atom. The highest BCUT2D eigenvalue weighted by Crippen LogP contribution is 2.59. The fourth-order valence-electron chi connectivity index (χ4n) is 4.37. The molecule has 2 atom stereocenters. The van der Waals surface area contributed by atoms with Gasteiger partial charge in [-0.15, -0.1) is 0 Å². The Balaban J connectivity index is 2.02. The number of fused-ring (bicyclic) bond motifs is 1. The van der Waals surface area contributed by atoms with Crippen molar-refractivity contribution in [1.82, 2.24) is 5.32 Å². The molecule has 1 amide bonds. The standard InChI is InChI=1S/C16H18N2O2/c1-20-14(19)18-13-7-3-2-6-12(13)15-8-4-5-9-16(15,18)17-11-10-15/h2-4,6-8,17H,5,9-11H2,1H3/t15-,16+/m0/s1. The van der Waals surface area contributed by atoms with Gasteiger partial charge in [-0.1, -0.05) is 30.4 Å². The van der Waals surface area contributed by atoms with Crippen LogP contribution in [0.1, 0.15) is 24.8 Å². The minimum Gasteiger partial charge on any atom is -0.452 e. The predicted octanol–water partition coefficient (Wildman–Crippen LogP) is 2.55. The number of methoxy groups -OCH3 is 1. The van der Waals surface area contributed by atoms with Gasteiger partial charge in [0.1, 0.15) is 5.66 Å². The van der Waals surface area contributed by atoms with Gasteiger partial charge in [0.15, 0.2) is 0 Å². The van der Waals surface area contributed by atoms with Crippen molar-refractivity contribution in [2.75, 3.05) is 18.6 Å². The lowest BCUT2D eigenvalue weighted by molar-refractivity contribution is 0.158. The van der Waals surface area contributed by atoms with E-state index in [1.807, 2.05) is 17.0 Å². The zero-order valence-electron chi connectivity index (χ0n) is 11.6. The fraction of sp³-hybridized carbons (Fsp3) is 0.438. The zero-order valence-corrected chi connectivity index (χ0v) is 11.6. The minimum atomic E-state index is -0.349. The van der Waals surface area contributed by atoms with E-state index in [4.69, 9.17) is 4.74 Å². The van der Waals surface area contributed by atoms with Crippen LogP contribution in [-0.2, 0) is 10.2 Å². The van der Waals surface area contributed by atoms with Gasteiger partial charge in [0, 0.05) is 0 Å². The van der Waals surface area contributed by atoms with E-state index in [9.17, 15) is 4.79 Å². The summed E-state index contributed by atoms with van der Waals surface area (Å²) < 4.78 is 5.06. The van der Waals surface area contributed by atoms with Crippen molar-refractivity contribution in [2.24, 2.45) is 0 Å². The molecule has 4 rings (SSSR count). The summed E-state index contributed by atoms with van der Waals surface area (Å²) in [4.78, 5) is 14.3. The number of amides is 1. The van der Waals surface area contributed by atoms with Gasteiger partial charge in [-0.2, -0.15) is 0 Å². The summed E-state index contributed by atoms with van der Waals surface area (Å²) in [6, 6.07) is 8.21. The number of carbonyl (C=O) groups is 1. The van der Waals surface area contributed by atoms with Crippen molar-refractivity contribution >= 4 is 11.8 Å². The predicted molar refractivity (Wildman–Crippen MR) is 76.7 cm³/mol. The van der Waals surface area contributed by atoms with Gasteiger partial charge >= 0.3 is 6.09 Å². The molecule has 2 heterocycles. The number of allylic oxidation sites excluding steroid dienone is 1. The maximum absolute atomic E-state index is 12.4. The smallest absolute Gasteiger partial charge is 0.415 e. The highest BCUT2D eigenvalue weighted by atomic mass is 16.5. The second-order valence-electron chi connectivity index (χ2n) is 5.77. The first-order valence-electron chi connectivity index (χ1n) is 7.16. The number of para-hydroxylation sites is 1. The van der Waals surface area contributed by atoms with Crippen LogP contribution < -0.4 is 10.2 Å². The number of rotatable bonds is 0. The number of carbonyl (C=O) groups excluding carboxylic acids is 1. The lowest BCUT2D eigenvalue weighted by Crippen LogP contribution is -2.64. The average Bonchev–Trinajstić information content (AvgIpc) is 2.98. The molecule has 0 unspecified atom stereocenters. The van der Waals surface area contributed by atoms with Crippen molar-refractivity contribution < 1.29 is 9.53 Å². The first kappa shape index (κ1) is 12.0. The second kappa shape index (κ2) is 3.85. The molecule has 1 aliphatic carbocycles. The van der Waals surface area contributed by atoms with Crippen molar-refractivity contribution in [3.05, 3.63) is 42.0 Å². The molecule has 0 saturated carbocycles. The maximum Gasteiger partial charge on any atom is 0.415 e. The van der Waals surface area contributed by atoms with Gasteiger partial charge in [0.25, 0.3) is 0 Å². The maximum atomic E-state index is 12.4. The van der Waals surface area contributed by atoms with E-state index in [2.05, 4.69) is 29.6 Å². The molecule has 1 saturated heterocycles. The molecule has 0 spiro atoms. The summed E-state index contributed by atoms with van der Waals surface area (Å²) >= 11 is 0. The van der Waals surface area contributed by atoms with Crippen LogP contribution in [0.4, 0.5) is 10.5 Å². The number of anilines is 1. The third kappa shape index (κ3) is 1.14. The van der Waals surface area contributed by atoms with E-state index < -0.39 is 0 Å². The Morgan fingerprint density at radius 3 is 3.05 bits per heavy atom. The summed E-state index contributed by atoms with van der Waals surface area (Å²) in [6.45, 7) is 0.923. The molecule has 0 bridgehead atoms. The summed E-state index contributed by atoms with van der Waals surface area (Å²) in [5.41, 5.74) is 1.78. The van der Waals surface area contributed by atoms with Crippen LogP contribution in [0.5, 0.6) is 0 Å². The third-order valence-corrected chi connectivity index (χ3v) is 5.11. The van der Waals surface area contributed by atoms with Crippen LogP contribution in [0.15, 0.2) is 36.4 Å². The second-order valence-corrected chi connectivity index (χ2v) is 5.77. The van der Waals surface area contributed by atoms with Crippen LogP contribution in [0.2, 0.25) is 0 Å². The van der Waals surface area contributed by atoms with Gasteiger partial charge in [0.05, 0.1) is 18.2 Å². The number of nitrogens with zero attached hydrogens (tertiary/aromatic N) is 1. The Hall–Kier alpha value is -1.81. The summed E-state index contributed by atoms with van der Waals surface area (Å²) in [6.07, 6.45) is 7.21. The molecular weight excluding hydrogens is 252 g/mol. The fourth-order valence-corrected chi connectivity index (χ4v) is 4.37. The number of ether oxygens (including phenoxy) is 1. The van der Waals surface area contributed by atoms with Crippen LogP contribution in [0.25, 0.3) is 0 Å². The van der Waals surface area contributed by atoms with Crippen LogP contribution in [-0.4, -0.2) is 25.4 Å². The molecular formula is C16H18N2O2. The first-order chi connectivity index (χ1) is 9.75. The highest BCUT2D eigenvalue weighted by Gasteiger charge is 2.65. The van der Waals surface area contributed by atoms with E-state index in [1.165, 1.54) is 12.7 Å². The number of hydrogen-bond donors (Lipinski definition) is 1. The SMILES string of the molecule is COC(=O)N1c2ccccc2[C@@]23C=CCC[C@@]12NCC3. The Bertz CT molecular complexity index is 612. The molecule has 1 N–H and O–H groups in total. The normalized spacial score (nSPS) is 33.5. The topological polar surface area (TPSA) is 41.6 Å². The van der Waals surface area contributed by atoms with Crippen molar-refractivity contribution in [2.45, 2.75) is 30.3 Å². The van der Waals surface area contributed by atoms with Gasteiger partial charge in [0.2, 0.25) is 0 Å². The highest BCUT2D eigenvalue weighted by molar-refractivity contribution is 5.94. The van der Waals surface area contributed by atoms with Crippen molar-refractivity contribution in [3.8, 4) is 0 Å². The van der Waals surface area contributed by atoms with E-state index >= 15 is 0 Å². The van der Waals surface area contributed by atoms with Crippen LogP contribution >= 0.6 is 0 Å². The van der Waals surface area contributed by atoms with Gasteiger partial charge < -0.3 is 4.74 Å².